The van der Waals surface area contributed by atoms with Crippen molar-refractivity contribution in [3.8, 4) is 21.6 Å². The van der Waals surface area contributed by atoms with Crippen molar-refractivity contribution in [3.63, 3.8) is 0 Å². The number of halogens is 1. The first-order chi connectivity index (χ1) is 30.2. The van der Waals surface area contributed by atoms with Crippen LogP contribution in [0.15, 0.2) is 89.4 Å². The molecule has 0 saturated carbocycles. The third-order valence-electron chi connectivity index (χ3n) is 11.7. The van der Waals surface area contributed by atoms with Crippen molar-refractivity contribution in [1.29, 1.82) is 0 Å². The van der Waals surface area contributed by atoms with Gasteiger partial charge in [-0.15, -0.1) is 21.5 Å². The van der Waals surface area contributed by atoms with Gasteiger partial charge in [-0.05, 0) is 53.3 Å². The van der Waals surface area contributed by atoms with E-state index in [1.807, 2.05) is 37.3 Å². The van der Waals surface area contributed by atoms with E-state index in [0.717, 1.165) is 33.0 Å². The molecule has 63 heavy (non-hydrogen) atoms. The summed E-state index contributed by atoms with van der Waals surface area (Å²) in [4.78, 5) is 67.8. The molecule has 18 heteroatoms. The first-order valence-electron chi connectivity index (χ1n) is 20.8. The molecule has 2 aromatic carbocycles. The highest BCUT2D eigenvalue weighted by molar-refractivity contribution is 7.13. The van der Waals surface area contributed by atoms with Crippen molar-refractivity contribution < 1.29 is 33.1 Å². The molecule has 6 aromatic rings. The Morgan fingerprint density at radius 3 is 2.40 bits per heavy atom. The second-order valence-electron chi connectivity index (χ2n) is 17.1. The molecule has 0 bridgehead atoms. The topological polar surface area (TPSA) is 200 Å². The minimum absolute atomic E-state index is 0.0210. The SMILES string of the molecule is Cc1ncsc1-c1ccc(CNC(=O)[C@@H]2C[C@@H](O)CN2C(=O)[C@@H](NC(=O)C2(F)CCN(C(=O)c3ccc(-c4cnc(NCc5ccco5)n5cnnc45)cc3)CC2)C(C)(C)C)cc1. The molecular formula is C45H49FN10O6S. The molecule has 2 aliphatic heterocycles. The van der Waals surface area contributed by atoms with Gasteiger partial charge in [0.1, 0.15) is 24.2 Å². The standard InChI is InChI=1S/C45H49FN10O6S/c1-27-36(63-26-50-27)30-9-7-28(8-10-30)21-47-39(58)35-20-32(57)24-55(35)41(60)37(44(2,3)4)52-42(61)45(46)15-17-54(18-16-45)40(59)31-13-11-29(12-14-31)34-23-49-43(56-25-51-53-38(34)56)48-22-33-6-5-19-62-33/h5-14,19,23,25-26,32,35,37,57H,15-18,20-22,24H2,1-4H3,(H,47,58)(H,48,49)(H,52,61)/t32-,35+,37-/m1/s1. The Morgan fingerprint density at radius 1 is 1.00 bits per heavy atom. The van der Waals surface area contributed by atoms with E-state index in [4.69, 9.17) is 4.42 Å². The smallest absolute Gasteiger partial charge is 0.258 e. The molecule has 4 amide bonds. The Bertz CT molecular complexity index is 2600. The summed E-state index contributed by atoms with van der Waals surface area (Å²) >= 11 is 1.55. The summed E-state index contributed by atoms with van der Waals surface area (Å²) in [5, 5.41) is 27.8. The first-order valence-corrected chi connectivity index (χ1v) is 21.7. The number of carbonyl (C=O) groups is 4. The monoisotopic (exact) mass is 876 g/mol. The summed E-state index contributed by atoms with van der Waals surface area (Å²) in [6.07, 6.45) is 3.35. The maximum atomic E-state index is 16.5. The van der Waals surface area contributed by atoms with Crippen molar-refractivity contribution in [2.24, 2.45) is 5.41 Å². The van der Waals surface area contributed by atoms with Crippen LogP contribution in [0.25, 0.3) is 27.2 Å². The van der Waals surface area contributed by atoms with E-state index in [2.05, 4.69) is 36.1 Å². The quantitative estimate of drug-likeness (QED) is 0.126. The third kappa shape index (κ3) is 9.18. The zero-order valence-electron chi connectivity index (χ0n) is 35.4. The van der Waals surface area contributed by atoms with E-state index in [1.165, 1.54) is 9.80 Å². The number of hydrogen-bond acceptors (Lipinski definition) is 12. The van der Waals surface area contributed by atoms with Crippen molar-refractivity contribution in [2.75, 3.05) is 25.0 Å². The summed E-state index contributed by atoms with van der Waals surface area (Å²) < 4.78 is 23.6. The maximum absolute atomic E-state index is 16.5. The number of carbonyl (C=O) groups excluding carboxylic acids is 4. The molecule has 3 atom stereocenters. The minimum atomic E-state index is -2.35. The molecule has 0 aliphatic carbocycles. The van der Waals surface area contributed by atoms with Gasteiger partial charge in [-0.1, -0.05) is 57.2 Å². The van der Waals surface area contributed by atoms with Crippen LogP contribution in [0.4, 0.5) is 10.3 Å². The number of nitrogens with one attached hydrogen (secondary N) is 3. The number of thiazole rings is 1. The molecule has 6 heterocycles. The fourth-order valence-electron chi connectivity index (χ4n) is 8.04. The van der Waals surface area contributed by atoms with Crippen molar-refractivity contribution in [2.45, 2.75) is 83.9 Å². The molecule has 328 valence electrons. The first kappa shape index (κ1) is 43.1. The number of likely N-dealkylation sites (tertiary alicyclic amines) is 2. The summed E-state index contributed by atoms with van der Waals surface area (Å²) in [5.74, 6) is -1.02. The molecule has 2 aliphatic rings. The molecule has 16 nitrogen and oxygen atoms in total. The van der Waals surface area contributed by atoms with Gasteiger partial charge in [0, 0.05) is 62.8 Å². The lowest BCUT2D eigenvalue weighted by Crippen LogP contribution is -2.61. The van der Waals surface area contributed by atoms with Crippen LogP contribution in [0.1, 0.15) is 67.4 Å². The molecule has 0 spiro atoms. The van der Waals surface area contributed by atoms with E-state index in [1.54, 1.807) is 91.1 Å². The highest BCUT2D eigenvalue weighted by Gasteiger charge is 2.48. The summed E-state index contributed by atoms with van der Waals surface area (Å²) in [7, 11) is 0. The summed E-state index contributed by atoms with van der Waals surface area (Å²) in [6, 6.07) is 16.2. The van der Waals surface area contributed by atoms with Gasteiger partial charge < -0.3 is 35.3 Å². The zero-order valence-corrected chi connectivity index (χ0v) is 36.2. The van der Waals surface area contributed by atoms with E-state index in [9.17, 15) is 24.3 Å². The predicted octanol–water partition coefficient (Wildman–Crippen LogP) is 5.18. The van der Waals surface area contributed by atoms with E-state index in [-0.39, 0.29) is 51.3 Å². The lowest BCUT2D eigenvalue weighted by molar-refractivity contribution is -0.147. The van der Waals surface area contributed by atoms with Crippen molar-refractivity contribution >= 4 is 46.6 Å². The number of β-amino-alcohol motifs (C(OH)–C–C–N with tert-alkyl or cyclic N) is 1. The average Bonchev–Trinajstić information content (AvgIpc) is 4.12. The Hall–Kier alpha value is -6.53. The van der Waals surface area contributed by atoms with Crippen LogP contribution < -0.4 is 16.0 Å². The van der Waals surface area contributed by atoms with E-state index >= 15 is 4.39 Å². The number of piperidine rings is 1. The van der Waals surface area contributed by atoms with Crippen LogP contribution in [-0.4, -0.2) is 107 Å². The van der Waals surface area contributed by atoms with Gasteiger partial charge in [0.15, 0.2) is 11.3 Å². The number of aliphatic hydroxyl groups is 1. The number of hydrogen-bond donors (Lipinski definition) is 4. The molecule has 2 fully saturated rings. The second kappa shape index (κ2) is 17.7. The number of furan rings is 1. The average molecular weight is 877 g/mol. The molecular weight excluding hydrogens is 828 g/mol. The normalized spacial score (nSPS) is 18.0. The van der Waals surface area contributed by atoms with Crippen LogP contribution in [0.3, 0.4) is 0 Å². The number of alkyl halides is 1. The largest absolute Gasteiger partial charge is 0.467 e. The molecule has 8 rings (SSSR count). The Labute approximate surface area is 366 Å². The van der Waals surface area contributed by atoms with E-state index < -0.39 is 47.0 Å². The number of rotatable bonds is 12. The predicted molar refractivity (Wildman–Crippen MR) is 233 cm³/mol. The summed E-state index contributed by atoms with van der Waals surface area (Å²) in [5.41, 5.74) is 3.80. The molecule has 4 aromatic heterocycles. The van der Waals surface area contributed by atoms with Crippen LogP contribution in [0, 0.1) is 12.3 Å². The number of aryl methyl sites for hydroxylation is 1. The van der Waals surface area contributed by atoms with Crippen LogP contribution in [0.2, 0.25) is 0 Å². The van der Waals surface area contributed by atoms with Crippen LogP contribution in [0.5, 0.6) is 0 Å². The van der Waals surface area contributed by atoms with Gasteiger partial charge in [0.2, 0.25) is 17.8 Å². The second-order valence-corrected chi connectivity index (χ2v) is 18.0. The van der Waals surface area contributed by atoms with Crippen molar-refractivity contribution in [1.82, 2.24) is 45.0 Å². The number of aliphatic hydroxyl groups excluding tert-OH is 1. The highest BCUT2D eigenvalue weighted by atomic mass is 32.1. The molecule has 4 N–H and O–H groups in total. The number of aromatic nitrogens is 5. The van der Waals surface area contributed by atoms with Crippen molar-refractivity contribution in [3.05, 3.63) is 108 Å². The Morgan fingerprint density at radius 2 is 1.73 bits per heavy atom. The Balaban J connectivity index is 0.868. The van der Waals surface area contributed by atoms with Crippen LogP contribution >= 0.6 is 11.3 Å². The van der Waals surface area contributed by atoms with Gasteiger partial charge in [0.05, 0.1) is 35.0 Å². The van der Waals surface area contributed by atoms with Gasteiger partial charge >= 0.3 is 0 Å². The van der Waals surface area contributed by atoms with Gasteiger partial charge in [-0.3, -0.25) is 23.6 Å². The number of anilines is 1. The fourth-order valence-corrected chi connectivity index (χ4v) is 8.85. The van der Waals surface area contributed by atoms with Gasteiger partial charge in [0.25, 0.3) is 11.8 Å². The third-order valence-corrected chi connectivity index (χ3v) is 12.7. The summed E-state index contributed by atoms with van der Waals surface area (Å²) in [6.45, 7) is 7.65. The van der Waals surface area contributed by atoms with Gasteiger partial charge in [-0.2, -0.15) is 0 Å². The number of nitrogens with zero attached hydrogens (tertiary/aromatic N) is 7. The van der Waals surface area contributed by atoms with Gasteiger partial charge in [-0.25, -0.2) is 14.4 Å². The number of fused-ring (bicyclic) bond motifs is 1. The minimum Gasteiger partial charge on any atom is -0.467 e. The molecule has 0 unspecified atom stereocenters. The number of amides is 4. The maximum Gasteiger partial charge on any atom is 0.258 e. The Kier molecular flexibility index (Phi) is 12.1. The van der Waals surface area contributed by atoms with E-state index in [0.29, 0.717) is 29.3 Å². The van der Waals surface area contributed by atoms with Crippen LogP contribution in [-0.2, 0) is 27.5 Å². The number of benzene rings is 2. The highest BCUT2D eigenvalue weighted by Crippen LogP contribution is 2.32. The lowest BCUT2D eigenvalue weighted by Gasteiger charge is -2.39. The lowest BCUT2D eigenvalue weighted by atomic mass is 9.84. The fraction of sp³-hybridized carbons (Fsp3) is 0.378. The molecule has 2 saturated heterocycles. The molecule has 0 radical (unpaired) electrons. The zero-order chi connectivity index (χ0) is 44.5.